The van der Waals surface area contributed by atoms with Crippen molar-refractivity contribution in [3.63, 3.8) is 0 Å². The lowest BCUT2D eigenvalue weighted by Crippen LogP contribution is -2.19. The number of carbonyl (C=O) groups excluding carboxylic acids is 1. The Kier molecular flexibility index (Phi) is 4.81. The van der Waals surface area contributed by atoms with Crippen molar-refractivity contribution in [2.45, 2.75) is 6.92 Å². The fourth-order valence-corrected chi connectivity index (χ4v) is 1.65. The van der Waals surface area contributed by atoms with Gasteiger partial charge in [0.2, 0.25) is 0 Å². The fourth-order valence-electron chi connectivity index (χ4n) is 1.65. The predicted molar refractivity (Wildman–Crippen MR) is 81.4 cm³/mol. The smallest absolute Gasteiger partial charge is 0.282 e. The molecule has 0 fully saturated rings. The van der Waals surface area contributed by atoms with Gasteiger partial charge in [0, 0.05) is 6.07 Å². The van der Waals surface area contributed by atoms with Gasteiger partial charge < -0.3 is 4.42 Å². The third-order valence-corrected chi connectivity index (χ3v) is 2.71. The van der Waals surface area contributed by atoms with Crippen molar-refractivity contribution >= 4 is 23.4 Å². The van der Waals surface area contributed by atoms with Gasteiger partial charge in [-0.3, -0.25) is 14.9 Å². The van der Waals surface area contributed by atoms with E-state index in [2.05, 4.69) is 10.5 Å². The summed E-state index contributed by atoms with van der Waals surface area (Å²) >= 11 is 0. The molecular formula is C15H13N3O4. The summed E-state index contributed by atoms with van der Waals surface area (Å²) in [5, 5.41) is 14.7. The Bertz CT molecular complexity index is 733. The number of rotatable bonds is 5. The molecule has 7 heteroatoms. The zero-order valence-electron chi connectivity index (χ0n) is 11.7. The summed E-state index contributed by atoms with van der Waals surface area (Å²) < 4.78 is 5.12. The van der Waals surface area contributed by atoms with Gasteiger partial charge in [-0.15, -0.1) is 0 Å². The van der Waals surface area contributed by atoms with E-state index >= 15 is 0 Å². The zero-order valence-corrected chi connectivity index (χ0v) is 11.7. The third kappa shape index (κ3) is 3.89. The number of hydrogen-bond acceptors (Lipinski definition) is 5. The molecular weight excluding hydrogens is 286 g/mol. The number of hydrogen-bond donors (Lipinski definition) is 1. The standard InChI is InChI=1S/C15H13N3O4/c1-11(8-9-12-5-4-10-22-12)16-17-15(19)13-6-2-3-7-14(13)18(20)21/h2-10H,1H3,(H,17,19). The van der Waals surface area contributed by atoms with Crippen molar-refractivity contribution in [3.05, 3.63) is 70.2 Å². The zero-order chi connectivity index (χ0) is 15.9. The highest BCUT2D eigenvalue weighted by Gasteiger charge is 2.18. The van der Waals surface area contributed by atoms with Gasteiger partial charge in [0.15, 0.2) is 0 Å². The van der Waals surface area contributed by atoms with E-state index in [9.17, 15) is 14.9 Å². The van der Waals surface area contributed by atoms with Crippen LogP contribution < -0.4 is 5.43 Å². The molecule has 2 rings (SSSR count). The number of nitro groups is 1. The van der Waals surface area contributed by atoms with E-state index in [0.717, 1.165) is 0 Å². The van der Waals surface area contributed by atoms with Gasteiger partial charge in [0.25, 0.3) is 11.6 Å². The number of nitro benzene ring substituents is 1. The minimum absolute atomic E-state index is 0.0425. The first-order valence-corrected chi connectivity index (χ1v) is 6.37. The Balaban J connectivity index is 2.06. The average molecular weight is 299 g/mol. The van der Waals surface area contributed by atoms with Crippen LogP contribution in [0.15, 0.2) is 58.3 Å². The first kappa shape index (κ1) is 15.2. The molecule has 0 bridgehead atoms. The van der Waals surface area contributed by atoms with Crippen LogP contribution in [0.5, 0.6) is 0 Å². The Morgan fingerprint density at radius 3 is 2.77 bits per heavy atom. The van der Waals surface area contributed by atoms with E-state index in [4.69, 9.17) is 4.42 Å². The Morgan fingerprint density at radius 1 is 1.32 bits per heavy atom. The second kappa shape index (κ2) is 6.98. The van der Waals surface area contributed by atoms with E-state index in [1.807, 2.05) is 0 Å². The average Bonchev–Trinajstić information content (AvgIpc) is 3.04. The quantitative estimate of drug-likeness (QED) is 0.521. The SMILES string of the molecule is CC(C=Cc1ccco1)=NNC(=O)c1ccccc1[N+](=O)[O-]. The lowest BCUT2D eigenvalue weighted by molar-refractivity contribution is -0.385. The summed E-state index contributed by atoms with van der Waals surface area (Å²) in [7, 11) is 0. The molecule has 0 spiro atoms. The van der Waals surface area contributed by atoms with Crippen LogP contribution in [0.2, 0.25) is 0 Å². The van der Waals surface area contributed by atoms with Gasteiger partial charge in [0.05, 0.1) is 16.9 Å². The molecule has 0 aliphatic rings. The van der Waals surface area contributed by atoms with Gasteiger partial charge in [-0.25, -0.2) is 5.43 Å². The van der Waals surface area contributed by atoms with E-state index in [-0.39, 0.29) is 11.3 Å². The highest BCUT2D eigenvalue weighted by atomic mass is 16.6. The second-order valence-electron chi connectivity index (χ2n) is 4.32. The number of carbonyl (C=O) groups is 1. The number of furan rings is 1. The normalized spacial score (nSPS) is 11.6. The van der Waals surface area contributed by atoms with E-state index in [1.165, 1.54) is 18.2 Å². The van der Waals surface area contributed by atoms with E-state index in [1.54, 1.807) is 43.5 Å². The number of nitrogens with one attached hydrogen (secondary N) is 1. The minimum atomic E-state index is -0.641. The number of allylic oxidation sites excluding steroid dienone is 1. The summed E-state index contributed by atoms with van der Waals surface area (Å²) in [4.78, 5) is 22.2. The minimum Gasteiger partial charge on any atom is -0.465 e. The van der Waals surface area contributed by atoms with Gasteiger partial charge in [0.1, 0.15) is 11.3 Å². The third-order valence-electron chi connectivity index (χ3n) is 2.71. The van der Waals surface area contributed by atoms with Crippen LogP contribution in [-0.4, -0.2) is 16.5 Å². The van der Waals surface area contributed by atoms with Gasteiger partial charge in [-0.05, 0) is 37.3 Å². The predicted octanol–water partition coefficient (Wildman–Crippen LogP) is 3.01. The lowest BCUT2D eigenvalue weighted by atomic mass is 10.2. The van der Waals surface area contributed by atoms with Crippen molar-refractivity contribution in [2.24, 2.45) is 5.10 Å². The molecule has 1 amide bonds. The van der Waals surface area contributed by atoms with Crippen molar-refractivity contribution in [1.29, 1.82) is 0 Å². The molecule has 1 heterocycles. The topological polar surface area (TPSA) is 97.7 Å². The lowest BCUT2D eigenvalue weighted by Gasteiger charge is -2.01. The number of hydrazone groups is 1. The molecule has 0 aliphatic heterocycles. The summed E-state index contributed by atoms with van der Waals surface area (Å²) in [6, 6.07) is 9.21. The van der Waals surface area contributed by atoms with Crippen molar-refractivity contribution in [1.82, 2.24) is 5.43 Å². The molecule has 0 aliphatic carbocycles. The maximum atomic E-state index is 11.9. The highest BCUT2D eigenvalue weighted by Crippen LogP contribution is 2.17. The molecule has 7 nitrogen and oxygen atoms in total. The molecule has 0 saturated heterocycles. The molecule has 0 unspecified atom stereocenters. The van der Waals surface area contributed by atoms with E-state index in [0.29, 0.717) is 11.5 Å². The summed E-state index contributed by atoms with van der Waals surface area (Å²) in [5.41, 5.74) is 2.50. The number of para-hydroxylation sites is 1. The molecule has 112 valence electrons. The first-order valence-electron chi connectivity index (χ1n) is 6.37. The summed E-state index contributed by atoms with van der Waals surface area (Å²) in [6.45, 7) is 1.68. The molecule has 0 atom stereocenters. The van der Waals surface area contributed by atoms with Crippen molar-refractivity contribution in [3.8, 4) is 0 Å². The van der Waals surface area contributed by atoms with E-state index < -0.39 is 10.8 Å². The Labute approximate surface area is 126 Å². The van der Waals surface area contributed by atoms with Crippen LogP contribution in [0.25, 0.3) is 6.08 Å². The number of benzene rings is 1. The highest BCUT2D eigenvalue weighted by molar-refractivity contribution is 6.00. The number of nitrogens with zero attached hydrogens (tertiary/aromatic N) is 2. The molecule has 0 saturated carbocycles. The molecule has 1 N–H and O–H groups in total. The van der Waals surface area contributed by atoms with Crippen LogP contribution in [0.1, 0.15) is 23.0 Å². The Hall–Kier alpha value is -3.22. The second-order valence-corrected chi connectivity index (χ2v) is 4.32. The molecule has 2 aromatic rings. The maximum absolute atomic E-state index is 11.9. The van der Waals surface area contributed by atoms with Crippen molar-refractivity contribution < 1.29 is 14.1 Å². The maximum Gasteiger partial charge on any atom is 0.282 e. The van der Waals surface area contributed by atoms with Crippen LogP contribution in [0, 0.1) is 10.1 Å². The Morgan fingerprint density at radius 2 is 2.09 bits per heavy atom. The summed E-state index contributed by atoms with van der Waals surface area (Å²) in [5.74, 6) is 0.0117. The largest absolute Gasteiger partial charge is 0.465 e. The van der Waals surface area contributed by atoms with Gasteiger partial charge in [-0.2, -0.15) is 5.10 Å². The molecule has 22 heavy (non-hydrogen) atoms. The van der Waals surface area contributed by atoms with Crippen LogP contribution in [-0.2, 0) is 0 Å². The summed E-state index contributed by atoms with van der Waals surface area (Å²) in [6.07, 6.45) is 4.89. The van der Waals surface area contributed by atoms with Crippen LogP contribution in [0.4, 0.5) is 5.69 Å². The van der Waals surface area contributed by atoms with Crippen molar-refractivity contribution in [2.75, 3.05) is 0 Å². The fraction of sp³-hybridized carbons (Fsp3) is 0.0667. The molecule has 1 aromatic carbocycles. The first-order chi connectivity index (χ1) is 10.6. The van der Waals surface area contributed by atoms with Crippen LogP contribution >= 0.6 is 0 Å². The van der Waals surface area contributed by atoms with Gasteiger partial charge >= 0.3 is 0 Å². The monoisotopic (exact) mass is 299 g/mol. The number of amides is 1. The molecule has 1 aromatic heterocycles. The van der Waals surface area contributed by atoms with Crippen LogP contribution in [0.3, 0.4) is 0 Å². The van der Waals surface area contributed by atoms with Gasteiger partial charge in [-0.1, -0.05) is 12.1 Å². The molecule has 0 radical (unpaired) electrons.